The van der Waals surface area contributed by atoms with E-state index in [4.69, 9.17) is 10.2 Å². The second-order valence-corrected chi connectivity index (χ2v) is 4.11. The fraction of sp³-hybridized carbons (Fsp3) is 0.333. The number of nitrogens with two attached hydrogens (primary N) is 1. The number of nitrogens with zero attached hydrogens (tertiary/aromatic N) is 2. The molecule has 4 nitrogen and oxygen atoms in total. The van der Waals surface area contributed by atoms with Crippen molar-refractivity contribution in [3.05, 3.63) is 34.2 Å². The zero-order valence-corrected chi connectivity index (χ0v) is 8.62. The first-order valence-corrected chi connectivity index (χ1v) is 5.24. The van der Waals surface area contributed by atoms with E-state index >= 15 is 0 Å². The van der Waals surface area contributed by atoms with Gasteiger partial charge in [-0.3, -0.25) is 0 Å². The van der Waals surface area contributed by atoms with Crippen LogP contribution in [0.1, 0.15) is 29.6 Å². The third-order valence-corrected chi connectivity index (χ3v) is 2.65. The van der Waals surface area contributed by atoms with Gasteiger partial charge in [0.05, 0.1) is 12.5 Å². The van der Waals surface area contributed by atoms with E-state index in [2.05, 4.69) is 10.2 Å². The summed E-state index contributed by atoms with van der Waals surface area (Å²) in [7, 11) is 0. The van der Waals surface area contributed by atoms with Gasteiger partial charge < -0.3 is 10.2 Å². The highest BCUT2D eigenvalue weighted by Gasteiger charge is 2.10. The van der Waals surface area contributed by atoms with E-state index < -0.39 is 0 Å². The van der Waals surface area contributed by atoms with E-state index in [0.717, 1.165) is 0 Å². The topological polar surface area (TPSA) is 64.9 Å². The molecule has 0 aliphatic rings. The Morgan fingerprint density at radius 1 is 1.57 bits per heavy atom. The van der Waals surface area contributed by atoms with E-state index in [9.17, 15) is 0 Å². The van der Waals surface area contributed by atoms with Crippen LogP contribution >= 0.6 is 11.3 Å². The van der Waals surface area contributed by atoms with Crippen molar-refractivity contribution in [2.45, 2.75) is 19.4 Å². The average Bonchev–Trinajstić information content (AvgIpc) is 2.75. The normalized spacial score (nSPS) is 13.0. The summed E-state index contributed by atoms with van der Waals surface area (Å²) in [5, 5.41) is 9.81. The highest BCUT2D eigenvalue weighted by atomic mass is 32.1. The molecule has 2 aromatic rings. The third kappa shape index (κ3) is 2.00. The molecule has 0 aromatic carbocycles. The Labute approximate surface area is 85.8 Å². The smallest absolute Gasteiger partial charge is 0.232 e. The van der Waals surface area contributed by atoms with Crippen LogP contribution in [0, 0.1) is 0 Å². The summed E-state index contributed by atoms with van der Waals surface area (Å²) in [5.74, 6) is 1.12. The standard InChI is InChI=1S/C9H11N3OS/c1-6(10)9-12-11-8(13-9)5-7-3-2-4-14-7/h2-4,6H,5,10H2,1H3. The molecule has 0 saturated carbocycles. The molecule has 2 rings (SSSR count). The summed E-state index contributed by atoms with van der Waals surface area (Å²) >= 11 is 1.68. The van der Waals surface area contributed by atoms with Crippen LogP contribution in [0.5, 0.6) is 0 Å². The van der Waals surface area contributed by atoms with Crippen LogP contribution in [0.15, 0.2) is 21.9 Å². The third-order valence-electron chi connectivity index (χ3n) is 1.78. The SMILES string of the molecule is CC(N)c1nnc(Cc2cccs2)o1. The van der Waals surface area contributed by atoms with Crippen LogP contribution < -0.4 is 5.73 Å². The van der Waals surface area contributed by atoms with Crippen LogP contribution in [0.3, 0.4) is 0 Å². The van der Waals surface area contributed by atoms with Gasteiger partial charge in [-0.25, -0.2) is 0 Å². The van der Waals surface area contributed by atoms with Gasteiger partial charge in [-0.05, 0) is 18.4 Å². The Morgan fingerprint density at radius 3 is 3.00 bits per heavy atom. The maximum Gasteiger partial charge on any atom is 0.232 e. The van der Waals surface area contributed by atoms with E-state index in [-0.39, 0.29) is 6.04 Å². The van der Waals surface area contributed by atoms with Gasteiger partial charge in [0.15, 0.2) is 0 Å². The highest BCUT2D eigenvalue weighted by Crippen LogP contribution is 2.15. The second-order valence-electron chi connectivity index (χ2n) is 3.08. The molecule has 0 bridgehead atoms. The Bertz CT molecular complexity index is 394. The molecule has 0 spiro atoms. The number of thiophene rings is 1. The minimum atomic E-state index is -0.195. The summed E-state index contributed by atoms with van der Waals surface area (Å²) in [6.45, 7) is 1.82. The molecule has 0 fully saturated rings. The van der Waals surface area contributed by atoms with Gasteiger partial charge in [-0.1, -0.05) is 6.07 Å². The van der Waals surface area contributed by atoms with Crippen LogP contribution in [0.2, 0.25) is 0 Å². The summed E-state index contributed by atoms with van der Waals surface area (Å²) < 4.78 is 5.38. The summed E-state index contributed by atoms with van der Waals surface area (Å²) in [5.41, 5.74) is 5.61. The molecule has 2 heterocycles. The van der Waals surface area contributed by atoms with Crippen molar-refractivity contribution in [1.29, 1.82) is 0 Å². The van der Waals surface area contributed by atoms with Crippen LogP contribution in [0.4, 0.5) is 0 Å². The molecule has 1 unspecified atom stereocenters. The second kappa shape index (κ2) is 3.89. The highest BCUT2D eigenvalue weighted by molar-refractivity contribution is 7.09. The van der Waals surface area contributed by atoms with Crippen molar-refractivity contribution in [3.63, 3.8) is 0 Å². The Kier molecular flexibility index (Phi) is 2.60. The fourth-order valence-corrected chi connectivity index (χ4v) is 1.78. The maximum absolute atomic E-state index is 5.61. The predicted octanol–water partition coefficient (Wildman–Crippen LogP) is 1.74. The van der Waals surface area contributed by atoms with Crippen molar-refractivity contribution >= 4 is 11.3 Å². The van der Waals surface area contributed by atoms with Gasteiger partial charge in [0, 0.05) is 4.88 Å². The zero-order chi connectivity index (χ0) is 9.97. The molecule has 5 heteroatoms. The summed E-state index contributed by atoms with van der Waals surface area (Å²) in [6, 6.07) is 3.85. The van der Waals surface area contributed by atoms with E-state index in [1.54, 1.807) is 11.3 Å². The quantitative estimate of drug-likeness (QED) is 0.836. The van der Waals surface area contributed by atoms with E-state index in [1.165, 1.54) is 4.88 Å². The molecule has 0 aliphatic carbocycles. The lowest BCUT2D eigenvalue weighted by Gasteiger charge is -1.94. The molecule has 2 aromatic heterocycles. The minimum absolute atomic E-state index is 0.195. The van der Waals surface area contributed by atoms with Crippen molar-refractivity contribution in [2.75, 3.05) is 0 Å². The Hall–Kier alpha value is -1.20. The largest absolute Gasteiger partial charge is 0.423 e. The van der Waals surface area contributed by atoms with Crippen molar-refractivity contribution < 1.29 is 4.42 Å². The number of aromatic nitrogens is 2. The molecule has 0 saturated heterocycles. The van der Waals surface area contributed by atoms with Gasteiger partial charge in [0.1, 0.15) is 0 Å². The fourth-order valence-electron chi connectivity index (χ4n) is 1.08. The minimum Gasteiger partial charge on any atom is -0.423 e. The lowest BCUT2D eigenvalue weighted by molar-refractivity contribution is 0.434. The van der Waals surface area contributed by atoms with Crippen LogP contribution in [-0.2, 0) is 6.42 Å². The first-order chi connectivity index (χ1) is 6.75. The molecule has 74 valence electrons. The Morgan fingerprint density at radius 2 is 2.43 bits per heavy atom. The predicted molar refractivity (Wildman–Crippen MR) is 54.0 cm³/mol. The number of hydrogen-bond acceptors (Lipinski definition) is 5. The first kappa shape index (κ1) is 9.36. The molecule has 0 amide bonds. The van der Waals surface area contributed by atoms with Gasteiger partial charge >= 0.3 is 0 Å². The molecule has 0 radical (unpaired) electrons. The van der Waals surface area contributed by atoms with Gasteiger partial charge in [-0.15, -0.1) is 21.5 Å². The number of rotatable bonds is 3. The van der Waals surface area contributed by atoms with Gasteiger partial charge in [0.2, 0.25) is 11.8 Å². The number of hydrogen-bond donors (Lipinski definition) is 1. The zero-order valence-electron chi connectivity index (χ0n) is 7.80. The maximum atomic E-state index is 5.61. The lowest BCUT2D eigenvalue weighted by Crippen LogP contribution is -2.04. The molecule has 14 heavy (non-hydrogen) atoms. The van der Waals surface area contributed by atoms with Gasteiger partial charge in [0.25, 0.3) is 0 Å². The van der Waals surface area contributed by atoms with Crippen LogP contribution in [-0.4, -0.2) is 10.2 Å². The van der Waals surface area contributed by atoms with Crippen molar-refractivity contribution in [2.24, 2.45) is 5.73 Å². The lowest BCUT2D eigenvalue weighted by atomic mass is 10.3. The van der Waals surface area contributed by atoms with E-state index in [0.29, 0.717) is 18.2 Å². The van der Waals surface area contributed by atoms with Gasteiger partial charge in [-0.2, -0.15) is 0 Å². The summed E-state index contributed by atoms with van der Waals surface area (Å²) in [4.78, 5) is 1.21. The molecular formula is C9H11N3OS. The average molecular weight is 209 g/mol. The van der Waals surface area contributed by atoms with Crippen molar-refractivity contribution in [1.82, 2.24) is 10.2 Å². The monoisotopic (exact) mass is 209 g/mol. The Balaban J connectivity index is 2.11. The molecule has 2 N–H and O–H groups in total. The molecular weight excluding hydrogens is 198 g/mol. The molecule has 0 aliphatic heterocycles. The summed E-state index contributed by atoms with van der Waals surface area (Å²) in [6.07, 6.45) is 0.692. The van der Waals surface area contributed by atoms with E-state index in [1.807, 2.05) is 24.4 Å². The van der Waals surface area contributed by atoms with Crippen LogP contribution in [0.25, 0.3) is 0 Å². The first-order valence-electron chi connectivity index (χ1n) is 4.36. The van der Waals surface area contributed by atoms with Crippen molar-refractivity contribution in [3.8, 4) is 0 Å². The molecule has 1 atom stereocenters.